The lowest BCUT2D eigenvalue weighted by molar-refractivity contribution is -0.122. The minimum Gasteiger partial charge on any atom is -0.487 e. The van der Waals surface area contributed by atoms with E-state index in [2.05, 4.69) is 15.4 Å². The van der Waals surface area contributed by atoms with E-state index in [0.717, 1.165) is 17.8 Å². The number of hydrogen-bond donors (Lipinski definition) is 1. The molecule has 9 heteroatoms. The third-order valence-electron chi connectivity index (χ3n) is 5.41. The molecule has 5 rings (SSSR count). The molecule has 0 spiro atoms. The first-order chi connectivity index (χ1) is 16.6. The van der Waals surface area contributed by atoms with Crippen LogP contribution in [0.15, 0.2) is 65.5 Å². The Bertz CT molecular complexity index is 1360. The monoisotopic (exact) mass is 476 g/mol. The van der Waals surface area contributed by atoms with Crippen LogP contribution in [0, 0.1) is 0 Å². The van der Waals surface area contributed by atoms with Gasteiger partial charge in [-0.1, -0.05) is 42.5 Å². The highest BCUT2D eigenvalue weighted by molar-refractivity contribution is 7.16. The number of carbonyl (C=O) groups excluding carboxylic acids is 1. The summed E-state index contributed by atoms with van der Waals surface area (Å²) in [6.07, 6.45) is 2.15. The highest BCUT2D eigenvalue weighted by atomic mass is 32.1. The first kappa shape index (κ1) is 22.1. The second-order valence-corrected chi connectivity index (χ2v) is 9.12. The van der Waals surface area contributed by atoms with Crippen molar-refractivity contribution in [2.75, 3.05) is 5.32 Å². The van der Waals surface area contributed by atoms with E-state index in [1.165, 1.54) is 21.9 Å². The van der Waals surface area contributed by atoms with Gasteiger partial charge in [0.1, 0.15) is 23.1 Å². The fourth-order valence-electron chi connectivity index (χ4n) is 3.47. The number of nitrogens with zero attached hydrogens (tertiary/aromatic N) is 3. The molecule has 1 aliphatic carbocycles. The molecule has 8 nitrogen and oxygen atoms in total. The minimum atomic E-state index is -0.615. The lowest BCUT2D eigenvalue weighted by atomic mass is 10.2. The Morgan fingerprint density at radius 2 is 1.94 bits per heavy atom. The Labute approximate surface area is 200 Å². The number of benzene rings is 2. The van der Waals surface area contributed by atoms with Crippen LogP contribution in [-0.2, 0) is 11.4 Å². The van der Waals surface area contributed by atoms with Crippen LogP contribution in [0.1, 0.15) is 42.8 Å². The van der Waals surface area contributed by atoms with Crippen LogP contribution in [0.25, 0.3) is 4.96 Å². The van der Waals surface area contributed by atoms with E-state index in [-0.39, 0.29) is 18.1 Å². The number of carbonyl (C=O) groups is 1. The SMILES string of the molecule is CC[C@H](Oc1ccccc1)C(=O)Nc1cccc(OCc2cc(=O)n3nc(C4CC4)sc3n2)c1. The van der Waals surface area contributed by atoms with Crippen molar-refractivity contribution in [3.8, 4) is 11.5 Å². The first-order valence-electron chi connectivity index (χ1n) is 11.2. The molecular weight excluding hydrogens is 452 g/mol. The molecule has 0 unspecified atom stereocenters. The van der Waals surface area contributed by atoms with E-state index in [9.17, 15) is 9.59 Å². The van der Waals surface area contributed by atoms with Gasteiger partial charge in [0.05, 0.1) is 5.69 Å². The van der Waals surface area contributed by atoms with Crippen molar-refractivity contribution in [3.05, 3.63) is 81.7 Å². The lowest BCUT2D eigenvalue weighted by Gasteiger charge is -2.17. The van der Waals surface area contributed by atoms with Crippen molar-refractivity contribution in [3.63, 3.8) is 0 Å². The fourth-order valence-corrected chi connectivity index (χ4v) is 4.56. The molecule has 2 aromatic carbocycles. The second kappa shape index (κ2) is 9.64. The molecule has 2 aromatic heterocycles. The zero-order valence-electron chi connectivity index (χ0n) is 18.6. The summed E-state index contributed by atoms with van der Waals surface area (Å²) in [6.45, 7) is 2.03. The molecule has 1 saturated carbocycles. The molecule has 0 saturated heterocycles. The quantitative estimate of drug-likeness (QED) is 0.385. The van der Waals surface area contributed by atoms with E-state index in [4.69, 9.17) is 9.47 Å². The van der Waals surface area contributed by atoms with Crippen LogP contribution in [-0.4, -0.2) is 26.6 Å². The van der Waals surface area contributed by atoms with Crippen LogP contribution >= 0.6 is 11.3 Å². The number of para-hydroxylation sites is 1. The number of rotatable bonds is 9. The Hall–Kier alpha value is -3.72. The molecule has 1 fully saturated rings. The molecule has 0 radical (unpaired) electrons. The van der Waals surface area contributed by atoms with Gasteiger partial charge < -0.3 is 14.8 Å². The molecule has 4 aromatic rings. The maximum atomic E-state index is 12.7. The van der Waals surface area contributed by atoms with Gasteiger partial charge in [-0.3, -0.25) is 9.59 Å². The number of amides is 1. The molecule has 1 N–H and O–H groups in total. The van der Waals surface area contributed by atoms with Gasteiger partial charge in [-0.15, -0.1) is 0 Å². The lowest BCUT2D eigenvalue weighted by Crippen LogP contribution is -2.32. The zero-order chi connectivity index (χ0) is 23.5. The van der Waals surface area contributed by atoms with Crippen molar-refractivity contribution in [2.45, 2.75) is 44.8 Å². The topological polar surface area (TPSA) is 94.8 Å². The number of anilines is 1. The molecule has 2 heterocycles. The van der Waals surface area contributed by atoms with Gasteiger partial charge in [0.15, 0.2) is 6.10 Å². The van der Waals surface area contributed by atoms with Crippen LogP contribution in [0.2, 0.25) is 0 Å². The van der Waals surface area contributed by atoms with Crippen LogP contribution in [0.3, 0.4) is 0 Å². The van der Waals surface area contributed by atoms with Crippen molar-refractivity contribution >= 4 is 27.9 Å². The van der Waals surface area contributed by atoms with Crippen LogP contribution < -0.4 is 20.3 Å². The molecule has 1 amide bonds. The number of aromatic nitrogens is 3. The molecule has 34 heavy (non-hydrogen) atoms. The number of hydrogen-bond acceptors (Lipinski definition) is 7. The number of fused-ring (bicyclic) bond motifs is 1. The second-order valence-electron chi connectivity index (χ2n) is 8.13. The van der Waals surface area contributed by atoms with Crippen LogP contribution in [0.5, 0.6) is 11.5 Å². The predicted molar refractivity (Wildman–Crippen MR) is 130 cm³/mol. The third kappa shape index (κ3) is 5.09. The Morgan fingerprint density at radius 3 is 2.71 bits per heavy atom. The maximum Gasteiger partial charge on any atom is 0.275 e. The zero-order valence-corrected chi connectivity index (χ0v) is 19.5. The van der Waals surface area contributed by atoms with Gasteiger partial charge in [-0.25, -0.2) is 4.98 Å². The number of ether oxygens (including phenoxy) is 2. The van der Waals surface area contributed by atoms with Gasteiger partial charge in [0.25, 0.3) is 11.5 Å². The summed E-state index contributed by atoms with van der Waals surface area (Å²) < 4.78 is 13.0. The molecule has 1 aliphatic rings. The van der Waals surface area contributed by atoms with E-state index in [1.54, 1.807) is 24.3 Å². The summed E-state index contributed by atoms with van der Waals surface area (Å²) in [7, 11) is 0. The molecule has 0 aliphatic heterocycles. The average Bonchev–Trinajstić information content (AvgIpc) is 3.61. The van der Waals surface area contributed by atoms with E-state index >= 15 is 0 Å². The minimum absolute atomic E-state index is 0.133. The summed E-state index contributed by atoms with van der Waals surface area (Å²) >= 11 is 1.46. The van der Waals surface area contributed by atoms with Gasteiger partial charge in [-0.2, -0.15) is 9.61 Å². The van der Waals surface area contributed by atoms with Crippen molar-refractivity contribution in [1.82, 2.24) is 14.6 Å². The Morgan fingerprint density at radius 1 is 1.15 bits per heavy atom. The largest absolute Gasteiger partial charge is 0.487 e. The summed E-state index contributed by atoms with van der Waals surface area (Å²) in [5, 5.41) is 8.24. The first-order valence-corrected chi connectivity index (χ1v) is 12.1. The van der Waals surface area contributed by atoms with E-state index < -0.39 is 6.10 Å². The van der Waals surface area contributed by atoms with Gasteiger partial charge in [-0.05, 0) is 43.5 Å². The van der Waals surface area contributed by atoms with Crippen molar-refractivity contribution in [1.29, 1.82) is 0 Å². The molecule has 1 atom stereocenters. The predicted octanol–water partition coefficient (Wildman–Crippen LogP) is 4.40. The molecular formula is C25H24N4O4S. The van der Waals surface area contributed by atoms with Crippen molar-refractivity contribution in [2.24, 2.45) is 0 Å². The van der Waals surface area contributed by atoms with Crippen molar-refractivity contribution < 1.29 is 14.3 Å². The summed E-state index contributed by atoms with van der Waals surface area (Å²) in [6, 6.07) is 17.8. The van der Waals surface area contributed by atoms with Gasteiger partial charge >= 0.3 is 0 Å². The fraction of sp³-hybridized carbons (Fsp3) is 0.280. The van der Waals surface area contributed by atoms with Gasteiger partial charge in [0, 0.05) is 23.7 Å². The van der Waals surface area contributed by atoms with E-state index in [0.29, 0.717) is 40.2 Å². The number of nitrogens with one attached hydrogen (secondary N) is 1. The normalized spacial score (nSPS) is 14.0. The third-order valence-corrected chi connectivity index (χ3v) is 6.48. The molecule has 0 bridgehead atoms. The Balaban J connectivity index is 1.23. The van der Waals surface area contributed by atoms with E-state index in [1.807, 2.05) is 37.3 Å². The highest BCUT2D eigenvalue weighted by Crippen LogP contribution is 2.41. The van der Waals surface area contributed by atoms with Gasteiger partial charge in [0.2, 0.25) is 4.96 Å². The van der Waals surface area contributed by atoms with Crippen LogP contribution in [0.4, 0.5) is 5.69 Å². The highest BCUT2D eigenvalue weighted by Gasteiger charge is 2.28. The Kier molecular flexibility index (Phi) is 6.27. The standard InChI is InChI=1S/C25H24N4O4S/c1-2-21(33-19-8-4-3-5-9-19)23(31)26-17-7-6-10-20(13-17)32-15-18-14-22(30)29-25(27-18)34-24(28-29)16-11-12-16/h3-10,13-14,16,21H,2,11-12,15H2,1H3,(H,26,31)/t21-/m0/s1. The smallest absolute Gasteiger partial charge is 0.275 e. The summed E-state index contributed by atoms with van der Waals surface area (Å²) in [5.74, 6) is 1.43. The average molecular weight is 477 g/mol. The molecule has 174 valence electrons. The maximum absolute atomic E-state index is 12.7. The summed E-state index contributed by atoms with van der Waals surface area (Å²) in [5.41, 5.74) is 0.919. The summed E-state index contributed by atoms with van der Waals surface area (Å²) in [4.78, 5) is 30.3.